The lowest BCUT2D eigenvalue weighted by Crippen LogP contribution is -2.34. The molecule has 0 spiro atoms. The van der Waals surface area contributed by atoms with E-state index in [1.165, 1.54) is 231 Å². The van der Waals surface area contributed by atoms with Crippen LogP contribution in [0.25, 0.3) is 0 Å². The van der Waals surface area contributed by atoms with E-state index in [0.29, 0.717) is 0 Å². The molecule has 0 aliphatic carbocycles. The van der Waals surface area contributed by atoms with Gasteiger partial charge in [-0.05, 0) is 19.3 Å². The first-order chi connectivity index (χ1) is 32.3. The van der Waals surface area contributed by atoms with Gasteiger partial charge in [0.05, 0.1) is 17.8 Å². The minimum absolute atomic E-state index is 0.0835. The van der Waals surface area contributed by atoms with Crippen molar-refractivity contribution >= 4 is 17.9 Å². The van der Waals surface area contributed by atoms with Gasteiger partial charge in [0.1, 0.15) is 13.2 Å². The lowest BCUT2D eigenvalue weighted by atomic mass is 10.0. The minimum atomic E-state index is -0.800. The second kappa shape index (κ2) is 51.3. The molecule has 4 atom stereocenters. The van der Waals surface area contributed by atoms with E-state index in [1.54, 1.807) is 0 Å². The van der Waals surface area contributed by atoms with Crippen LogP contribution >= 0.6 is 0 Å². The van der Waals surface area contributed by atoms with Crippen LogP contribution in [-0.2, 0) is 28.6 Å². The molecule has 0 amide bonds. The number of hydrogen-bond acceptors (Lipinski definition) is 6. The molecule has 0 aliphatic rings. The van der Waals surface area contributed by atoms with Crippen LogP contribution in [0.3, 0.4) is 0 Å². The molecule has 0 N–H and O–H groups in total. The highest BCUT2D eigenvalue weighted by Crippen LogP contribution is 2.20. The van der Waals surface area contributed by atoms with Gasteiger partial charge in [-0.1, -0.05) is 311 Å². The van der Waals surface area contributed by atoms with E-state index in [-0.39, 0.29) is 48.9 Å². The fourth-order valence-electron chi connectivity index (χ4n) is 9.32. The van der Waals surface area contributed by atoms with E-state index in [9.17, 15) is 14.4 Å². The van der Waals surface area contributed by atoms with Crippen molar-refractivity contribution in [1.29, 1.82) is 0 Å². The molecule has 6 heteroatoms. The molecule has 0 radical (unpaired) electrons. The highest BCUT2D eigenvalue weighted by molar-refractivity contribution is 5.73. The Morgan fingerprint density at radius 1 is 0.273 bits per heavy atom. The first kappa shape index (κ1) is 64.4. The fourth-order valence-corrected chi connectivity index (χ4v) is 9.32. The number of ether oxygens (including phenoxy) is 3. The van der Waals surface area contributed by atoms with E-state index in [0.717, 1.165) is 57.8 Å². The minimum Gasteiger partial charge on any atom is -0.461 e. The van der Waals surface area contributed by atoms with Gasteiger partial charge in [0.25, 0.3) is 0 Å². The second-order valence-corrected chi connectivity index (χ2v) is 21.2. The van der Waals surface area contributed by atoms with Gasteiger partial charge in [-0.25, -0.2) is 0 Å². The van der Waals surface area contributed by atoms with Crippen LogP contribution in [0.2, 0.25) is 0 Å². The number of carbonyl (C=O) groups excluding carboxylic acids is 3. The Bertz CT molecular complexity index is 975. The Kier molecular flexibility index (Phi) is 50.0. The predicted molar refractivity (Wildman–Crippen MR) is 284 cm³/mol. The van der Waals surface area contributed by atoms with Gasteiger partial charge >= 0.3 is 17.9 Å². The smallest absolute Gasteiger partial charge is 0.309 e. The number of hydrogen-bond donors (Lipinski definition) is 0. The molecular formula is C60H116O6. The Hall–Kier alpha value is -1.59. The molecule has 0 saturated heterocycles. The van der Waals surface area contributed by atoms with Gasteiger partial charge in [0, 0.05) is 0 Å². The van der Waals surface area contributed by atoms with E-state index in [1.807, 2.05) is 20.8 Å². The zero-order valence-electron chi connectivity index (χ0n) is 45.5. The summed E-state index contributed by atoms with van der Waals surface area (Å²) in [5.41, 5.74) is 0. The summed E-state index contributed by atoms with van der Waals surface area (Å²) < 4.78 is 17.4. The number of esters is 3. The van der Waals surface area contributed by atoms with Crippen LogP contribution in [0, 0.1) is 17.8 Å². The van der Waals surface area contributed by atoms with Crippen LogP contribution in [0.5, 0.6) is 0 Å². The lowest BCUT2D eigenvalue weighted by Gasteiger charge is -2.22. The average Bonchev–Trinajstić information content (AvgIpc) is 3.32. The SMILES string of the molecule is CCCCCCCCCCCCCCCC[C@@H](C)C(=O)OCC(COC(=O)[C@@H](C)CCCCCCCCCCCCCCCC)OC(=O)[C@H](C)CCCCCCCCCCCCCCCC. The monoisotopic (exact) mass is 933 g/mol. The normalized spacial score (nSPS) is 13.4. The Balaban J connectivity index is 4.61. The van der Waals surface area contributed by atoms with Crippen LogP contribution in [0.4, 0.5) is 0 Å². The van der Waals surface area contributed by atoms with E-state index >= 15 is 0 Å². The number of unbranched alkanes of at least 4 members (excludes halogenated alkanes) is 39. The standard InChI is InChI=1S/C60H116O6/c1-7-10-13-16-19-22-25-28-31-34-37-40-43-46-49-54(4)58(61)64-52-57(66-60(63)56(6)51-48-45-42-39-36-33-30-27-24-21-18-15-12-9-3)53-65-59(62)55(5)50-47-44-41-38-35-32-29-26-23-20-17-14-11-8-2/h54-57H,7-53H2,1-6H3/t54-,55+,56-,57?/m1/s1. The molecule has 0 heterocycles. The number of carbonyl (C=O) groups is 3. The summed E-state index contributed by atoms with van der Waals surface area (Å²) in [4.78, 5) is 39.4. The van der Waals surface area contributed by atoms with Crippen molar-refractivity contribution in [2.24, 2.45) is 17.8 Å². The average molecular weight is 934 g/mol. The maximum atomic E-state index is 13.3. The molecule has 0 aromatic rings. The quantitative estimate of drug-likeness (QED) is 0.0343. The fraction of sp³-hybridized carbons (Fsp3) is 0.950. The van der Waals surface area contributed by atoms with Crippen molar-refractivity contribution in [2.75, 3.05) is 13.2 Å². The first-order valence-electron chi connectivity index (χ1n) is 29.8. The first-order valence-corrected chi connectivity index (χ1v) is 29.8. The van der Waals surface area contributed by atoms with Crippen molar-refractivity contribution in [1.82, 2.24) is 0 Å². The van der Waals surface area contributed by atoms with E-state index in [2.05, 4.69) is 20.8 Å². The molecule has 392 valence electrons. The molecule has 0 bridgehead atoms. The molecule has 1 unspecified atom stereocenters. The van der Waals surface area contributed by atoms with Gasteiger partial charge in [-0.15, -0.1) is 0 Å². The molecule has 0 aromatic carbocycles. The maximum absolute atomic E-state index is 13.3. The predicted octanol–water partition coefficient (Wildman–Crippen LogP) is 19.5. The summed E-state index contributed by atoms with van der Waals surface area (Å²) in [6.07, 6.45) is 56.5. The van der Waals surface area contributed by atoms with Crippen LogP contribution in [0.1, 0.15) is 330 Å². The third kappa shape index (κ3) is 44.9. The highest BCUT2D eigenvalue weighted by Gasteiger charge is 2.25. The molecule has 0 saturated carbocycles. The van der Waals surface area contributed by atoms with Crippen LogP contribution in [-0.4, -0.2) is 37.2 Å². The third-order valence-electron chi connectivity index (χ3n) is 14.3. The van der Waals surface area contributed by atoms with Gasteiger partial charge < -0.3 is 14.2 Å². The summed E-state index contributed by atoms with van der Waals surface area (Å²) in [5.74, 6) is -1.52. The Labute approximate surface area is 412 Å². The summed E-state index contributed by atoms with van der Waals surface area (Å²) >= 11 is 0. The molecule has 6 nitrogen and oxygen atoms in total. The Morgan fingerprint density at radius 2 is 0.455 bits per heavy atom. The van der Waals surface area contributed by atoms with Crippen molar-refractivity contribution in [3.63, 3.8) is 0 Å². The van der Waals surface area contributed by atoms with Crippen LogP contribution < -0.4 is 0 Å². The summed E-state index contributed by atoms with van der Waals surface area (Å²) in [6, 6.07) is 0. The summed E-state index contributed by atoms with van der Waals surface area (Å²) in [6.45, 7) is 12.5. The van der Waals surface area contributed by atoms with Crippen molar-refractivity contribution in [3.8, 4) is 0 Å². The molecule has 66 heavy (non-hydrogen) atoms. The summed E-state index contributed by atoms with van der Waals surface area (Å²) in [7, 11) is 0. The lowest BCUT2D eigenvalue weighted by molar-refractivity contribution is -0.171. The number of rotatable bonds is 53. The highest BCUT2D eigenvalue weighted by atomic mass is 16.6. The van der Waals surface area contributed by atoms with Crippen molar-refractivity contribution in [3.05, 3.63) is 0 Å². The molecule has 0 aromatic heterocycles. The topological polar surface area (TPSA) is 78.9 Å². The zero-order chi connectivity index (χ0) is 48.4. The molecule has 0 rings (SSSR count). The van der Waals surface area contributed by atoms with Crippen LogP contribution in [0.15, 0.2) is 0 Å². The van der Waals surface area contributed by atoms with Gasteiger partial charge in [-0.3, -0.25) is 14.4 Å². The maximum Gasteiger partial charge on any atom is 0.309 e. The van der Waals surface area contributed by atoms with E-state index in [4.69, 9.17) is 14.2 Å². The van der Waals surface area contributed by atoms with Gasteiger partial charge in [0.2, 0.25) is 0 Å². The van der Waals surface area contributed by atoms with Crippen molar-refractivity contribution in [2.45, 2.75) is 337 Å². The van der Waals surface area contributed by atoms with Crippen molar-refractivity contribution < 1.29 is 28.6 Å². The molecule has 0 fully saturated rings. The largest absolute Gasteiger partial charge is 0.461 e. The summed E-state index contributed by atoms with van der Waals surface area (Å²) in [5, 5.41) is 0. The van der Waals surface area contributed by atoms with Gasteiger partial charge in [0.15, 0.2) is 6.10 Å². The van der Waals surface area contributed by atoms with E-state index < -0.39 is 6.10 Å². The van der Waals surface area contributed by atoms with Gasteiger partial charge in [-0.2, -0.15) is 0 Å². The molecular weight excluding hydrogens is 817 g/mol. The second-order valence-electron chi connectivity index (χ2n) is 21.2. The third-order valence-corrected chi connectivity index (χ3v) is 14.3. The Morgan fingerprint density at radius 3 is 0.667 bits per heavy atom. The molecule has 0 aliphatic heterocycles. The zero-order valence-corrected chi connectivity index (χ0v) is 45.5.